The Labute approximate surface area is 123 Å². The van der Waals surface area contributed by atoms with Gasteiger partial charge in [-0.1, -0.05) is 29.3 Å². The fraction of sp³-hybridized carbons (Fsp3) is 0.500. The molecule has 1 aliphatic rings. The molecule has 1 aromatic rings. The first-order valence-electron chi connectivity index (χ1n) is 6.43. The molecule has 0 aromatic heterocycles. The van der Waals surface area contributed by atoms with Crippen LogP contribution in [0.5, 0.6) is 0 Å². The lowest BCUT2D eigenvalue weighted by molar-refractivity contribution is -0.138. The van der Waals surface area contributed by atoms with Crippen molar-refractivity contribution in [2.45, 2.75) is 25.8 Å². The van der Waals surface area contributed by atoms with Crippen molar-refractivity contribution in [2.24, 2.45) is 5.92 Å². The summed E-state index contributed by atoms with van der Waals surface area (Å²) in [5, 5.41) is 10.2. The standard InChI is InChI=1S/C14H17Cl2NO2/c15-12-4-1-5-13(16)11(12)9-17-6-2-3-10(8-17)7-14(18)19/h1,4-5,10H,2-3,6-9H2,(H,18,19). The summed E-state index contributed by atoms with van der Waals surface area (Å²) in [6.45, 7) is 2.46. The van der Waals surface area contributed by atoms with E-state index in [9.17, 15) is 4.79 Å². The number of benzene rings is 1. The largest absolute Gasteiger partial charge is 0.481 e. The van der Waals surface area contributed by atoms with Crippen LogP contribution < -0.4 is 0 Å². The number of hydrogen-bond donors (Lipinski definition) is 1. The Morgan fingerprint density at radius 2 is 2.05 bits per heavy atom. The highest BCUT2D eigenvalue weighted by Crippen LogP contribution is 2.28. The lowest BCUT2D eigenvalue weighted by Crippen LogP contribution is -2.35. The smallest absolute Gasteiger partial charge is 0.303 e. The normalized spacial score (nSPS) is 20.4. The minimum atomic E-state index is -0.720. The number of carbonyl (C=O) groups is 1. The van der Waals surface area contributed by atoms with Crippen LogP contribution in [0.2, 0.25) is 10.0 Å². The minimum absolute atomic E-state index is 0.229. The summed E-state index contributed by atoms with van der Waals surface area (Å²) in [6, 6.07) is 5.50. The van der Waals surface area contributed by atoms with Crippen LogP contribution in [0.25, 0.3) is 0 Å². The molecule has 0 amide bonds. The van der Waals surface area contributed by atoms with E-state index < -0.39 is 5.97 Å². The third-order valence-corrected chi connectivity index (χ3v) is 4.22. The van der Waals surface area contributed by atoms with Crippen LogP contribution in [0.1, 0.15) is 24.8 Å². The van der Waals surface area contributed by atoms with E-state index in [1.54, 1.807) is 0 Å². The van der Waals surface area contributed by atoms with E-state index >= 15 is 0 Å². The van der Waals surface area contributed by atoms with Crippen LogP contribution in [0.4, 0.5) is 0 Å². The Morgan fingerprint density at radius 3 is 2.68 bits per heavy atom. The molecule has 0 aliphatic carbocycles. The lowest BCUT2D eigenvalue weighted by Gasteiger charge is -2.32. The van der Waals surface area contributed by atoms with E-state index in [0.717, 1.165) is 31.5 Å². The molecule has 104 valence electrons. The van der Waals surface area contributed by atoms with Gasteiger partial charge in [0.25, 0.3) is 0 Å². The van der Waals surface area contributed by atoms with Crippen molar-refractivity contribution in [1.29, 1.82) is 0 Å². The molecule has 0 radical (unpaired) electrons. The van der Waals surface area contributed by atoms with Gasteiger partial charge in [0.05, 0.1) is 0 Å². The first kappa shape index (κ1) is 14.6. The molecule has 1 heterocycles. The number of hydrogen-bond acceptors (Lipinski definition) is 2. The second kappa shape index (κ2) is 6.60. The monoisotopic (exact) mass is 301 g/mol. The van der Waals surface area contributed by atoms with E-state index in [1.807, 2.05) is 18.2 Å². The highest BCUT2D eigenvalue weighted by atomic mass is 35.5. The van der Waals surface area contributed by atoms with Crippen LogP contribution >= 0.6 is 23.2 Å². The first-order valence-corrected chi connectivity index (χ1v) is 7.19. The molecule has 3 nitrogen and oxygen atoms in total. The van der Waals surface area contributed by atoms with Crippen molar-refractivity contribution in [3.05, 3.63) is 33.8 Å². The maximum atomic E-state index is 10.8. The summed E-state index contributed by atoms with van der Waals surface area (Å²) in [4.78, 5) is 13.0. The van der Waals surface area contributed by atoms with E-state index in [2.05, 4.69) is 4.90 Å². The summed E-state index contributed by atoms with van der Waals surface area (Å²) < 4.78 is 0. The van der Waals surface area contributed by atoms with Crippen LogP contribution in [0.3, 0.4) is 0 Å². The Hall–Kier alpha value is -0.770. The summed E-state index contributed by atoms with van der Waals surface area (Å²) in [7, 11) is 0. The van der Waals surface area contributed by atoms with Gasteiger partial charge in [0, 0.05) is 35.1 Å². The molecule has 1 unspecified atom stereocenters. The highest BCUT2D eigenvalue weighted by Gasteiger charge is 2.23. The molecule has 0 spiro atoms. The fourth-order valence-electron chi connectivity index (χ4n) is 2.62. The number of carboxylic acids is 1. The first-order chi connectivity index (χ1) is 9.06. The Morgan fingerprint density at radius 1 is 1.37 bits per heavy atom. The molecule has 1 N–H and O–H groups in total. The van der Waals surface area contributed by atoms with Crippen molar-refractivity contribution >= 4 is 29.2 Å². The van der Waals surface area contributed by atoms with Crippen LogP contribution in [-0.2, 0) is 11.3 Å². The predicted octanol–water partition coefficient (Wildman–Crippen LogP) is 3.68. The van der Waals surface area contributed by atoms with Crippen LogP contribution in [0.15, 0.2) is 18.2 Å². The number of halogens is 2. The van der Waals surface area contributed by atoms with E-state index in [4.69, 9.17) is 28.3 Å². The summed E-state index contributed by atoms with van der Waals surface area (Å²) in [6.07, 6.45) is 2.26. The summed E-state index contributed by atoms with van der Waals surface area (Å²) >= 11 is 12.3. The number of piperidine rings is 1. The summed E-state index contributed by atoms with van der Waals surface area (Å²) in [5.74, 6) is -0.491. The molecule has 19 heavy (non-hydrogen) atoms. The van der Waals surface area contributed by atoms with Crippen LogP contribution in [0, 0.1) is 5.92 Å². The van der Waals surface area contributed by atoms with Gasteiger partial charge < -0.3 is 5.11 Å². The van der Waals surface area contributed by atoms with Gasteiger partial charge in [-0.15, -0.1) is 0 Å². The maximum Gasteiger partial charge on any atom is 0.303 e. The average molecular weight is 302 g/mol. The number of likely N-dealkylation sites (tertiary alicyclic amines) is 1. The van der Waals surface area contributed by atoms with Gasteiger partial charge in [0.2, 0.25) is 0 Å². The molecule has 2 rings (SSSR count). The van der Waals surface area contributed by atoms with Gasteiger partial charge in [-0.25, -0.2) is 0 Å². The van der Waals surface area contributed by atoms with Gasteiger partial charge in [-0.3, -0.25) is 9.69 Å². The van der Waals surface area contributed by atoms with Gasteiger partial charge in [0.1, 0.15) is 0 Å². The second-order valence-electron chi connectivity index (χ2n) is 5.04. The van der Waals surface area contributed by atoms with Gasteiger partial charge >= 0.3 is 5.97 Å². The topological polar surface area (TPSA) is 40.5 Å². The Bertz CT molecular complexity index is 445. The molecular formula is C14H17Cl2NO2. The molecule has 5 heteroatoms. The van der Waals surface area contributed by atoms with Crippen LogP contribution in [-0.4, -0.2) is 29.1 Å². The molecule has 1 aromatic carbocycles. The Kier molecular flexibility index (Phi) is 5.08. The molecule has 0 bridgehead atoms. The SMILES string of the molecule is O=C(O)CC1CCCN(Cc2c(Cl)cccc2Cl)C1. The molecule has 1 aliphatic heterocycles. The fourth-order valence-corrected chi connectivity index (χ4v) is 3.13. The predicted molar refractivity (Wildman–Crippen MR) is 76.7 cm³/mol. The van der Waals surface area contributed by atoms with Gasteiger partial charge in [-0.2, -0.15) is 0 Å². The zero-order chi connectivity index (χ0) is 13.8. The number of carboxylic acid groups (broad SMARTS) is 1. The van der Waals surface area contributed by atoms with Crippen molar-refractivity contribution in [1.82, 2.24) is 4.90 Å². The van der Waals surface area contributed by atoms with E-state index in [1.165, 1.54) is 0 Å². The number of nitrogens with zero attached hydrogens (tertiary/aromatic N) is 1. The highest BCUT2D eigenvalue weighted by molar-refractivity contribution is 6.35. The van der Waals surface area contributed by atoms with Gasteiger partial charge in [-0.05, 0) is 37.4 Å². The van der Waals surface area contributed by atoms with Gasteiger partial charge in [0.15, 0.2) is 0 Å². The quantitative estimate of drug-likeness (QED) is 0.922. The van der Waals surface area contributed by atoms with E-state index in [0.29, 0.717) is 16.6 Å². The molecule has 0 saturated carbocycles. The Balaban J connectivity index is 2.01. The minimum Gasteiger partial charge on any atom is -0.481 e. The van der Waals surface area contributed by atoms with Crippen molar-refractivity contribution in [2.75, 3.05) is 13.1 Å². The van der Waals surface area contributed by atoms with Crippen molar-refractivity contribution < 1.29 is 9.90 Å². The average Bonchev–Trinajstić information content (AvgIpc) is 2.34. The number of aliphatic carboxylic acids is 1. The third-order valence-electron chi connectivity index (χ3n) is 3.51. The summed E-state index contributed by atoms with van der Waals surface area (Å²) in [5.41, 5.74) is 0.932. The zero-order valence-electron chi connectivity index (χ0n) is 10.6. The second-order valence-corrected chi connectivity index (χ2v) is 5.86. The third kappa shape index (κ3) is 4.10. The van der Waals surface area contributed by atoms with Crippen molar-refractivity contribution in [3.63, 3.8) is 0 Å². The van der Waals surface area contributed by atoms with Crippen molar-refractivity contribution in [3.8, 4) is 0 Å². The van der Waals surface area contributed by atoms with E-state index in [-0.39, 0.29) is 12.3 Å². The molecule has 1 atom stereocenters. The molecule has 1 fully saturated rings. The molecular weight excluding hydrogens is 285 g/mol. The zero-order valence-corrected chi connectivity index (χ0v) is 12.1. The lowest BCUT2D eigenvalue weighted by atomic mass is 9.94. The maximum absolute atomic E-state index is 10.8. The molecule has 1 saturated heterocycles. The number of rotatable bonds is 4.